The molecule has 0 spiro atoms. The molecule has 1 heterocycles. The minimum Gasteiger partial charge on any atom is -0.382 e. The first kappa shape index (κ1) is 19.5. The van der Waals surface area contributed by atoms with Crippen LogP contribution in [0.25, 0.3) is 0 Å². The third-order valence-electron chi connectivity index (χ3n) is 4.50. The number of alkyl halides is 3. The van der Waals surface area contributed by atoms with Crippen molar-refractivity contribution in [1.82, 2.24) is 0 Å². The summed E-state index contributed by atoms with van der Waals surface area (Å²) in [5, 5.41) is 3.35. The molecule has 27 heavy (non-hydrogen) atoms. The molecule has 1 aliphatic heterocycles. The zero-order valence-electron chi connectivity index (χ0n) is 14.2. The van der Waals surface area contributed by atoms with Gasteiger partial charge in [-0.05, 0) is 43.2 Å². The van der Waals surface area contributed by atoms with Crippen LogP contribution in [0.2, 0.25) is 0 Å². The number of rotatable bonds is 4. The maximum Gasteiger partial charge on any atom is 0.501 e. The zero-order valence-corrected chi connectivity index (χ0v) is 15.0. The third-order valence-corrected chi connectivity index (χ3v) is 6.01. The fourth-order valence-electron chi connectivity index (χ4n) is 3.12. The van der Waals surface area contributed by atoms with Crippen molar-refractivity contribution in [1.29, 1.82) is 0 Å². The Morgan fingerprint density at radius 3 is 2.22 bits per heavy atom. The summed E-state index contributed by atoms with van der Waals surface area (Å²) < 4.78 is 76.1. The number of hydrogen-bond donors (Lipinski definition) is 1. The molecule has 0 saturated carbocycles. The Bertz CT molecular complexity index is 893. The molecule has 1 N–H and O–H groups in total. The summed E-state index contributed by atoms with van der Waals surface area (Å²) in [5.74, 6) is -1.03. The minimum atomic E-state index is -5.64. The van der Waals surface area contributed by atoms with E-state index in [0.717, 1.165) is 17.8 Å². The lowest BCUT2D eigenvalue weighted by Gasteiger charge is -2.35. The molecule has 0 bridgehead atoms. The van der Waals surface area contributed by atoms with Crippen molar-refractivity contribution in [2.24, 2.45) is 0 Å². The van der Waals surface area contributed by atoms with Gasteiger partial charge in [-0.2, -0.15) is 13.2 Å². The smallest absolute Gasteiger partial charge is 0.382 e. The highest BCUT2D eigenvalue weighted by molar-refractivity contribution is 7.92. The third kappa shape index (κ3) is 4.18. The van der Waals surface area contributed by atoms with E-state index in [0.29, 0.717) is 32.0 Å². The van der Waals surface area contributed by atoms with Gasteiger partial charge in [0.25, 0.3) is 9.84 Å². The molecule has 3 rings (SSSR count). The van der Waals surface area contributed by atoms with Crippen LogP contribution in [0.1, 0.15) is 12.8 Å². The highest BCUT2D eigenvalue weighted by atomic mass is 32.2. The Morgan fingerprint density at radius 2 is 1.63 bits per heavy atom. The molecule has 0 aliphatic carbocycles. The van der Waals surface area contributed by atoms with E-state index in [1.54, 1.807) is 4.90 Å². The van der Waals surface area contributed by atoms with Gasteiger partial charge >= 0.3 is 5.51 Å². The number of nitrogens with one attached hydrogen (secondary N) is 1. The number of para-hydroxylation sites is 1. The van der Waals surface area contributed by atoms with Crippen LogP contribution in [0.15, 0.2) is 53.4 Å². The number of hydrogen-bond acceptors (Lipinski definition) is 4. The Kier molecular flexibility index (Phi) is 5.32. The van der Waals surface area contributed by atoms with E-state index >= 15 is 0 Å². The molecule has 1 fully saturated rings. The Balaban J connectivity index is 1.79. The number of benzene rings is 2. The summed E-state index contributed by atoms with van der Waals surface area (Å²) in [4.78, 5) is 0.519. The standard InChI is InChI=1S/C18H18F4N2O2S/c19-13-6-7-16(17(12-13)27(25,26)18(20,21)22)24-10-8-15(9-11-24)23-14-4-2-1-3-5-14/h1-7,12,15,23H,8-11H2. The van der Waals surface area contributed by atoms with E-state index in [9.17, 15) is 26.0 Å². The van der Waals surface area contributed by atoms with Crippen molar-refractivity contribution < 1.29 is 26.0 Å². The van der Waals surface area contributed by atoms with Crippen molar-refractivity contribution in [2.45, 2.75) is 29.3 Å². The SMILES string of the molecule is O=S(=O)(c1cc(F)ccc1N1CCC(Nc2ccccc2)CC1)C(F)(F)F. The second-order valence-electron chi connectivity index (χ2n) is 6.33. The number of sulfone groups is 1. The van der Waals surface area contributed by atoms with Crippen molar-refractivity contribution >= 4 is 21.2 Å². The van der Waals surface area contributed by atoms with Crippen LogP contribution in [-0.2, 0) is 9.84 Å². The second-order valence-corrected chi connectivity index (χ2v) is 8.24. The first-order valence-corrected chi connectivity index (χ1v) is 9.84. The van der Waals surface area contributed by atoms with Crippen molar-refractivity contribution in [3.05, 3.63) is 54.3 Å². The number of nitrogens with zero attached hydrogens (tertiary/aromatic N) is 1. The predicted octanol–water partition coefficient (Wildman–Crippen LogP) is 4.20. The van der Waals surface area contributed by atoms with E-state index in [-0.39, 0.29) is 11.7 Å². The molecule has 0 unspecified atom stereocenters. The fraction of sp³-hybridized carbons (Fsp3) is 0.333. The van der Waals surface area contributed by atoms with Gasteiger partial charge in [0.1, 0.15) is 10.7 Å². The molecule has 2 aromatic carbocycles. The van der Waals surface area contributed by atoms with Crippen molar-refractivity contribution in [3.63, 3.8) is 0 Å². The summed E-state index contributed by atoms with van der Waals surface area (Å²) >= 11 is 0. The van der Waals surface area contributed by atoms with Gasteiger partial charge in [0.05, 0.1) is 5.69 Å². The molecule has 146 valence electrons. The number of piperidine rings is 1. The van der Waals surface area contributed by atoms with E-state index in [4.69, 9.17) is 0 Å². The molecule has 0 amide bonds. The normalized spacial score (nSPS) is 16.4. The number of halogens is 4. The number of anilines is 2. The average molecular weight is 402 g/mol. The molecular weight excluding hydrogens is 384 g/mol. The largest absolute Gasteiger partial charge is 0.501 e. The zero-order chi connectivity index (χ0) is 19.7. The van der Waals surface area contributed by atoms with Gasteiger partial charge < -0.3 is 10.2 Å². The Morgan fingerprint density at radius 1 is 1.00 bits per heavy atom. The van der Waals surface area contributed by atoms with Crippen LogP contribution in [0.3, 0.4) is 0 Å². The summed E-state index contributed by atoms with van der Waals surface area (Å²) in [7, 11) is -5.64. The van der Waals surface area contributed by atoms with Gasteiger partial charge in [-0.15, -0.1) is 0 Å². The molecular formula is C18H18F4N2O2S. The molecule has 0 atom stereocenters. The molecule has 0 radical (unpaired) electrons. The highest BCUT2D eigenvalue weighted by Crippen LogP contribution is 2.37. The van der Waals surface area contributed by atoms with Crippen LogP contribution in [-0.4, -0.2) is 33.1 Å². The van der Waals surface area contributed by atoms with Crippen LogP contribution < -0.4 is 10.2 Å². The lowest BCUT2D eigenvalue weighted by atomic mass is 10.0. The Hall–Kier alpha value is -2.29. The van der Waals surface area contributed by atoms with Gasteiger partial charge in [0.15, 0.2) is 0 Å². The second kappa shape index (κ2) is 7.38. The van der Waals surface area contributed by atoms with E-state index < -0.39 is 26.1 Å². The van der Waals surface area contributed by atoms with Gasteiger partial charge in [0, 0.05) is 24.8 Å². The van der Waals surface area contributed by atoms with Crippen LogP contribution in [0.4, 0.5) is 28.9 Å². The van der Waals surface area contributed by atoms with Crippen LogP contribution in [0.5, 0.6) is 0 Å². The fourth-order valence-corrected chi connectivity index (χ4v) is 4.11. The molecule has 9 heteroatoms. The topological polar surface area (TPSA) is 49.4 Å². The van der Waals surface area contributed by atoms with Gasteiger partial charge in [-0.1, -0.05) is 18.2 Å². The minimum absolute atomic E-state index is 0.117. The summed E-state index contributed by atoms with van der Waals surface area (Å²) in [6, 6.07) is 12.1. The first-order chi connectivity index (χ1) is 12.7. The molecule has 4 nitrogen and oxygen atoms in total. The van der Waals surface area contributed by atoms with Crippen molar-refractivity contribution in [2.75, 3.05) is 23.3 Å². The van der Waals surface area contributed by atoms with Crippen molar-refractivity contribution in [3.8, 4) is 0 Å². The quantitative estimate of drug-likeness (QED) is 0.779. The maximum atomic E-state index is 13.5. The lowest BCUT2D eigenvalue weighted by molar-refractivity contribution is -0.0435. The van der Waals surface area contributed by atoms with Crippen LogP contribution >= 0.6 is 0 Å². The van der Waals surface area contributed by atoms with Crippen LogP contribution in [0, 0.1) is 5.82 Å². The molecule has 2 aromatic rings. The summed E-state index contributed by atoms with van der Waals surface area (Å²) in [6.45, 7) is 0.715. The predicted molar refractivity (Wildman–Crippen MR) is 94.9 cm³/mol. The van der Waals surface area contributed by atoms with Gasteiger partial charge in [-0.3, -0.25) is 0 Å². The monoisotopic (exact) mass is 402 g/mol. The van der Waals surface area contributed by atoms with Gasteiger partial charge in [0.2, 0.25) is 0 Å². The van der Waals surface area contributed by atoms with E-state index in [1.807, 2.05) is 30.3 Å². The average Bonchev–Trinajstić information content (AvgIpc) is 2.62. The lowest BCUT2D eigenvalue weighted by Crippen LogP contribution is -2.40. The summed E-state index contributed by atoms with van der Waals surface area (Å²) in [6.07, 6.45) is 1.22. The summed E-state index contributed by atoms with van der Waals surface area (Å²) in [5.41, 5.74) is -4.66. The maximum absolute atomic E-state index is 13.5. The molecule has 0 aromatic heterocycles. The highest BCUT2D eigenvalue weighted by Gasteiger charge is 2.48. The Labute approximate surface area is 154 Å². The molecule has 1 aliphatic rings. The van der Waals surface area contributed by atoms with Gasteiger partial charge in [-0.25, -0.2) is 12.8 Å². The first-order valence-electron chi connectivity index (χ1n) is 8.36. The van der Waals surface area contributed by atoms with E-state index in [1.165, 1.54) is 0 Å². The van der Waals surface area contributed by atoms with E-state index in [2.05, 4.69) is 5.32 Å². The molecule has 1 saturated heterocycles.